The van der Waals surface area contributed by atoms with Gasteiger partial charge in [0, 0.05) is 12.2 Å². The van der Waals surface area contributed by atoms with Gasteiger partial charge in [0.25, 0.3) is 5.82 Å². The molecule has 0 bridgehead atoms. The van der Waals surface area contributed by atoms with Crippen LogP contribution < -0.4 is 0 Å². The molecule has 0 saturated carbocycles. The number of hydrogen-bond donors (Lipinski definition) is 0. The monoisotopic (exact) mass is 249 g/mol. The Bertz CT molecular complexity index is 543. The first-order chi connectivity index (χ1) is 8.60. The molecule has 0 amide bonds. The lowest BCUT2D eigenvalue weighted by Gasteiger charge is -2.03. The van der Waals surface area contributed by atoms with Crippen LogP contribution in [0.1, 0.15) is 36.2 Å². The Morgan fingerprint density at radius 2 is 2.22 bits per heavy atom. The molecule has 2 aromatic rings. The Hall–Kier alpha value is -2.18. The van der Waals surface area contributed by atoms with Crippen molar-refractivity contribution in [1.29, 1.82) is 0 Å². The molecule has 96 valence electrons. The summed E-state index contributed by atoms with van der Waals surface area (Å²) < 4.78 is 7.96. The number of methoxy groups -OCH3 is 1. The van der Waals surface area contributed by atoms with E-state index >= 15 is 0 Å². The second-order valence-corrected chi connectivity index (χ2v) is 4.14. The van der Waals surface area contributed by atoms with Gasteiger partial charge in [0.1, 0.15) is 6.33 Å². The van der Waals surface area contributed by atoms with Crippen molar-refractivity contribution >= 4 is 5.97 Å². The highest BCUT2D eigenvalue weighted by Gasteiger charge is 2.11. The number of esters is 1. The summed E-state index contributed by atoms with van der Waals surface area (Å²) in [7, 11) is 1.30. The van der Waals surface area contributed by atoms with Gasteiger partial charge in [0.05, 0.1) is 19.3 Å². The van der Waals surface area contributed by atoms with Crippen LogP contribution in [0.4, 0.5) is 0 Å². The van der Waals surface area contributed by atoms with Crippen LogP contribution >= 0.6 is 0 Å². The summed E-state index contributed by atoms with van der Waals surface area (Å²) in [5, 5.41) is 8.40. The molecule has 0 N–H and O–H groups in total. The van der Waals surface area contributed by atoms with Crippen molar-refractivity contribution in [1.82, 2.24) is 24.5 Å². The molecule has 0 atom stereocenters. The lowest BCUT2D eigenvalue weighted by atomic mass is 10.4. The van der Waals surface area contributed by atoms with Crippen molar-refractivity contribution in [3.05, 3.63) is 30.1 Å². The van der Waals surface area contributed by atoms with Crippen LogP contribution in [0.3, 0.4) is 0 Å². The van der Waals surface area contributed by atoms with Crippen LogP contribution in [0, 0.1) is 0 Å². The first-order valence-corrected chi connectivity index (χ1v) is 5.62. The van der Waals surface area contributed by atoms with Crippen molar-refractivity contribution < 1.29 is 9.53 Å². The summed E-state index contributed by atoms with van der Waals surface area (Å²) in [5.74, 6) is -0.484. The molecule has 0 unspecified atom stereocenters. The summed E-state index contributed by atoms with van der Waals surface area (Å²) in [5.41, 5.74) is 0.866. The number of carbonyl (C=O) groups is 1. The first kappa shape index (κ1) is 12.3. The van der Waals surface area contributed by atoms with Gasteiger partial charge in [-0.3, -0.25) is 4.68 Å². The normalized spacial score (nSPS) is 10.9. The summed E-state index contributed by atoms with van der Waals surface area (Å²) in [4.78, 5) is 15.1. The molecule has 0 spiro atoms. The third-order valence-electron chi connectivity index (χ3n) is 2.42. The second-order valence-electron chi connectivity index (χ2n) is 4.14. The zero-order valence-electron chi connectivity index (χ0n) is 10.6. The summed E-state index contributed by atoms with van der Waals surface area (Å²) in [6.45, 7) is 4.59. The molecule has 0 aromatic carbocycles. The third kappa shape index (κ3) is 2.55. The Balaban J connectivity index is 2.08. The Morgan fingerprint density at radius 3 is 2.83 bits per heavy atom. The molecule has 18 heavy (non-hydrogen) atoms. The van der Waals surface area contributed by atoms with Gasteiger partial charge in [-0.15, -0.1) is 5.10 Å². The second kappa shape index (κ2) is 4.99. The zero-order valence-corrected chi connectivity index (χ0v) is 10.6. The highest BCUT2D eigenvalue weighted by molar-refractivity contribution is 5.84. The van der Waals surface area contributed by atoms with Crippen LogP contribution in [0.25, 0.3) is 0 Å². The predicted molar refractivity (Wildman–Crippen MR) is 63.1 cm³/mol. The van der Waals surface area contributed by atoms with E-state index in [0.717, 1.165) is 5.69 Å². The van der Waals surface area contributed by atoms with E-state index in [-0.39, 0.29) is 5.82 Å². The lowest BCUT2D eigenvalue weighted by molar-refractivity contribution is 0.0586. The Morgan fingerprint density at radius 1 is 1.44 bits per heavy atom. The maximum Gasteiger partial charge on any atom is 0.377 e. The molecule has 2 aromatic heterocycles. The van der Waals surface area contributed by atoms with Gasteiger partial charge in [-0.2, -0.15) is 5.10 Å². The number of carbonyl (C=O) groups excluding carboxylic acids is 1. The first-order valence-electron chi connectivity index (χ1n) is 5.62. The maximum absolute atomic E-state index is 11.2. The van der Waals surface area contributed by atoms with Gasteiger partial charge in [0.2, 0.25) is 0 Å². The van der Waals surface area contributed by atoms with Gasteiger partial charge >= 0.3 is 5.97 Å². The fraction of sp³-hybridized carbons (Fsp3) is 0.455. The molecule has 7 nitrogen and oxygen atoms in total. The van der Waals surface area contributed by atoms with E-state index in [1.165, 1.54) is 13.4 Å². The number of aromatic nitrogens is 5. The smallest absolute Gasteiger partial charge is 0.377 e. The van der Waals surface area contributed by atoms with Crippen molar-refractivity contribution in [2.75, 3.05) is 7.11 Å². The van der Waals surface area contributed by atoms with Crippen molar-refractivity contribution in [3.63, 3.8) is 0 Å². The Labute approximate surface area is 104 Å². The molecular formula is C11H15N5O2. The van der Waals surface area contributed by atoms with Crippen LogP contribution in [-0.2, 0) is 11.3 Å². The molecule has 2 rings (SSSR count). The largest absolute Gasteiger partial charge is 0.463 e. The minimum atomic E-state index is -0.540. The van der Waals surface area contributed by atoms with E-state index in [2.05, 4.69) is 33.8 Å². The van der Waals surface area contributed by atoms with Gasteiger partial charge in [0.15, 0.2) is 0 Å². The quantitative estimate of drug-likeness (QED) is 0.752. The number of nitrogens with zero attached hydrogens (tertiary/aromatic N) is 5. The van der Waals surface area contributed by atoms with Crippen molar-refractivity contribution in [3.8, 4) is 0 Å². The summed E-state index contributed by atoms with van der Waals surface area (Å²) in [6.07, 6.45) is 3.40. The standard InChI is InChI=1S/C11H15N5O2/c1-8(2)16-5-4-9(13-16)6-15-7-12-10(14-15)11(17)18-3/h4-5,7-8H,6H2,1-3H3. The number of rotatable bonds is 4. The van der Waals surface area contributed by atoms with Gasteiger partial charge in [-0.05, 0) is 19.9 Å². The van der Waals surface area contributed by atoms with E-state index in [1.54, 1.807) is 4.68 Å². The molecule has 0 aliphatic rings. The van der Waals surface area contributed by atoms with Crippen molar-refractivity contribution in [2.45, 2.75) is 26.4 Å². The lowest BCUT2D eigenvalue weighted by Crippen LogP contribution is -2.07. The highest BCUT2D eigenvalue weighted by atomic mass is 16.5. The molecule has 0 aliphatic heterocycles. The molecule has 2 heterocycles. The highest BCUT2D eigenvalue weighted by Crippen LogP contribution is 2.05. The topological polar surface area (TPSA) is 74.8 Å². The Kier molecular flexibility index (Phi) is 3.40. The fourth-order valence-corrected chi connectivity index (χ4v) is 1.47. The molecule has 0 fully saturated rings. The molecule has 0 radical (unpaired) electrons. The third-order valence-corrected chi connectivity index (χ3v) is 2.42. The minimum absolute atomic E-state index is 0.0563. The van der Waals surface area contributed by atoms with Gasteiger partial charge in [-0.1, -0.05) is 0 Å². The van der Waals surface area contributed by atoms with Gasteiger partial charge in [-0.25, -0.2) is 14.5 Å². The molecule has 7 heteroatoms. The molecular weight excluding hydrogens is 234 g/mol. The minimum Gasteiger partial charge on any atom is -0.463 e. The van der Waals surface area contributed by atoms with Crippen LogP contribution in [-0.4, -0.2) is 37.6 Å². The van der Waals surface area contributed by atoms with E-state index in [1.807, 2.05) is 16.9 Å². The molecule has 0 aliphatic carbocycles. The van der Waals surface area contributed by atoms with E-state index in [9.17, 15) is 4.79 Å². The van der Waals surface area contributed by atoms with Crippen molar-refractivity contribution in [2.24, 2.45) is 0 Å². The van der Waals surface area contributed by atoms with E-state index in [4.69, 9.17) is 0 Å². The average molecular weight is 249 g/mol. The summed E-state index contributed by atoms with van der Waals surface area (Å²) in [6, 6.07) is 2.24. The average Bonchev–Trinajstić information content (AvgIpc) is 2.98. The van der Waals surface area contributed by atoms with Crippen LogP contribution in [0.15, 0.2) is 18.6 Å². The van der Waals surface area contributed by atoms with Gasteiger partial charge < -0.3 is 4.74 Å². The fourth-order valence-electron chi connectivity index (χ4n) is 1.47. The molecule has 0 saturated heterocycles. The van der Waals surface area contributed by atoms with Crippen LogP contribution in [0.5, 0.6) is 0 Å². The summed E-state index contributed by atoms with van der Waals surface area (Å²) >= 11 is 0. The van der Waals surface area contributed by atoms with E-state index in [0.29, 0.717) is 12.6 Å². The number of hydrogen-bond acceptors (Lipinski definition) is 5. The number of ether oxygens (including phenoxy) is 1. The maximum atomic E-state index is 11.2. The van der Waals surface area contributed by atoms with Crippen LogP contribution in [0.2, 0.25) is 0 Å². The SMILES string of the molecule is COC(=O)c1ncn(Cc2ccn(C(C)C)n2)n1. The van der Waals surface area contributed by atoms with E-state index < -0.39 is 5.97 Å². The predicted octanol–water partition coefficient (Wildman–Crippen LogP) is 0.890. The zero-order chi connectivity index (χ0) is 13.1.